The third-order valence-electron chi connectivity index (χ3n) is 2.28. The molecule has 1 heterocycles. The van der Waals surface area contributed by atoms with E-state index in [9.17, 15) is 13.6 Å². The summed E-state index contributed by atoms with van der Waals surface area (Å²) in [6.45, 7) is 0.976. The molecule has 0 bridgehead atoms. The zero-order valence-electron chi connectivity index (χ0n) is 10.5. The van der Waals surface area contributed by atoms with E-state index in [1.54, 1.807) is 6.92 Å². The number of aliphatic hydroxyl groups is 1. The summed E-state index contributed by atoms with van der Waals surface area (Å²) < 4.78 is 28.8. The molecule has 0 fully saturated rings. The smallest absolute Gasteiger partial charge is 0.272 e. The van der Waals surface area contributed by atoms with Gasteiger partial charge in [-0.2, -0.15) is 0 Å². The number of alkyl halides is 2. The second-order valence-corrected chi connectivity index (χ2v) is 3.97. The quantitative estimate of drug-likeness (QED) is 0.784. The van der Waals surface area contributed by atoms with E-state index in [4.69, 9.17) is 9.84 Å². The first-order valence-electron chi connectivity index (χ1n) is 5.81. The highest BCUT2D eigenvalue weighted by molar-refractivity contribution is 5.92. The van der Waals surface area contributed by atoms with E-state index < -0.39 is 18.9 Å². The van der Waals surface area contributed by atoms with Crippen molar-refractivity contribution in [1.29, 1.82) is 0 Å². The molecule has 106 valence electrons. The van der Waals surface area contributed by atoms with Crippen LogP contribution in [-0.4, -0.2) is 41.7 Å². The van der Waals surface area contributed by atoms with Gasteiger partial charge in [0.1, 0.15) is 18.1 Å². The largest absolute Gasteiger partial charge is 0.488 e. The molecular formula is C12H16F2N2O3. The minimum atomic E-state index is -2.57. The van der Waals surface area contributed by atoms with E-state index in [1.165, 1.54) is 18.3 Å². The number of aliphatic hydroxyl groups excluding tert-OH is 1. The Kier molecular flexibility index (Phi) is 6.14. The van der Waals surface area contributed by atoms with Crippen molar-refractivity contribution in [2.24, 2.45) is 0 Å². The fourth-order valence-corrected chi connectivity index (χ4v) is 1.35. The molecule has 0 aliphatic heterocycles. The number of nitrogens with zero attached hydrogens (tertiary/aromatic N) is 1. The number of halogens is 2. The van der Waals surface area contributed by atoms with Crippen LogP contribution in [0.15, 0.2) is 18.3 Å². The third-order valence-corrected chi connectivity index (χ3v) is 2.28. The molecule has 1 aromatic heterocycles. The van der Waals surface area contributed by atoms with Crippen LogP contribution in [0.5, 0.6) is 5.75 Å². The molecule has 0 aromatic carbocycles. The minimum absolute atomic E-state index is 0.0353. The first-order valence-corrected chi connectivity index (χ1v) is 5.81. The Morgan fingerprint density at radius 1 is 1.58 bits per heavy atom. The van der Waals surface area contributed by atoms with E-state index in [2.05, 4.69) is 10.3 Å². The number of carbonyl (C=O) groups excluding carboxylic acids is 1. The lowest BCUT2D eigenvalue weighted by Gasteiger charge is -2.12. The number of hydrogen-bond acceptors (Lipinski definition) is 4. The van der Waals surface area contributed by atoms with Gasteiger partial charge in [0.25, 0.3) is 12.3 Å². The predicted molar refractivity (Wildman–Crippen MR) is 64.4 cm³/mol. The number of aromatic nitrogens is 1. The highest BCUT2D eigenvalue weighted by Gasteiger charge is 2.12. The Morgan fingerprint density at radius 2 is 2.32 bits per heavy atom. The van der Waals surface area contributed by atoms with Gasteiger partial charge in [0.05, 0.1) is 0 Å². The Hall–Kier alpha value is -1.76. The van der Waals surface area contributed by atoms with Crippen molar-refractivity contribution >= 4 is 5.91 Å². The highest BCUT2D eigenvalue weighted by atomic mass is 19.3. The molecule has 0 aliphatic carbocycles. The molecule has 0 radical (unpaired) electrons. The summed E-state index contributed by atoms with van der Waals surface area (Å²) in [7, 11) is 0. The fourth-order valence-electron chi connectivity index (χ4n) is 1.35. The molecule has 0 saturated heterocycles. The average molecular weight is 274 g/mol. The van der Waals surface area contributed by atoms with E-state index in [-0.39, 0.29) is 24.1 Å². The molecule has 2 N–H and O–H groups in total. The van der Waals surface area contributed by atoms with Gasteiger partial charge < -0.3 is 15.2 Å². The standard InChI is InChI=1S/C12H16F2N2O3/c1-8(3-5-17)16-12(18)10-6-9(2-4-15-10)19-7-11(13)14/h2,4,6,8,11,17H,3,5,7H2,1H3,(H,16,18). The predicted octanol–water partition coefficient (Wildman–Crippen LogP) is 1.23. The molecule has 5 nitrogen and oxygen atoms in total. The van der Waals surface area contributed by atoms with Crippen molar-refractivity contribution in [1.82, 2.24) is 10.3 Å². The van der Waals surface area contributed by atoms with Crippen molar-refractivity contribution in [3.8, 4) is 5.75 Å². The van der Waals surface area contributed by atoms with Gasteiger partial charge in [0, 0.05) is 24.9 Å². The number of rotatable bonds is 7. The zero-order valence-corrected chi connectivity index (χ0v) is 10.5. The third kappa shape index (κ3) is 5.60. The van der Waals surface area contributed by atoms with Crippen LogP contribution < -0.4 is 10.1 Å². The van der Waals surface area contributed by atoms with Gasteiger partial charge >= 0.3 is 0 Å². The minimum Gasteiger partial charge on any atom is -0.488 e. The normalized spacial score (nSPS) is 12.3. The summed E-state index contributed by atoms with van der Waals surface area (Å²) in [5, 5.41) is 11.4. The number of carbonyl (C=O) groups is 1. The van der Waals surface area contributed by atoms with Crippen LogP contribution in [0.2, 0.25) is 0 Å². The summed E-state index contributed by atoms with van der Waals surface area (Å²) in [5.41, 5.74) is 0.0801. The summed E-state index contributed by atoms with van der Waals surface area (Å²) in [5.74, 6) is -0.279. The van der Waals surface area contributed by atoms with Crippen LogP contribution in [0.3, 0.4) is 0 Å². The second kappa shape index (κ2) is 7.63. The molecule has 1 atom stereocenters. The van der Waals surface area contributed by atoms with Gasteiger partial charge in [0.15, 0.2) is 0 Å². The molecule has 1 amide bonds. The summed E-state index contributed by atoms with van der Waals surface area (Å²) >= 11 is 0. The maximum Gasteiger partial charge on any atom is 0.272 e. The van der Waals surface area contributed by atoms with Crippen molar-refractivity contribution in [2.75, 3.05) is 13.2 Å². The van der Waals surface area contributed by atoms with Crippen LogP contribution in [0, 0.1) is 0 Å². The van der Waals surface area contributed by atoms with E-state index in [0.717, 1.165) is 0 Å². The van der Waals surface area contributed by atoms with Gasteiger partial charge in [0.2, 0.25) is 0 Å². The molecule has 1 aromatic rings. The van der Waals surface area contributed by atoms with E-state index >= 15 is 0 Å². The SMILES string of the molecule is CC(CCO)NC(=O)c1cc(OCC(F)F)ccn1. The maximum absolute atomic E-state index is 12.0. The second-order valence-electron chi connectivity index (χ2n) is 3.97. The van der Waals surface area contributed by atoms with E-state index in [1.807, 2.05) is 0 Å². The van der Waals surface area contributed by atoms with Crippen LogP contribution in [0.1, 0.15) is 23.8 Å². The van der Waals surface area contributed by atoms with Crippen LogP contribution >= 0.6 is 0 Å². The van der Waals surface area contributed by atoms with Gasteiger partial charge in [-0.05, 0) is 19.4 Å². The van der Waals surface area contributed by atoms with Gasteiger partial charge in [-0.15, -0.1) is 0 Å². The monoisotopic (exact) mass is 274 g/mol. The van der Waals surface area contributed by atoms with Crippen molar-refractivity contribution in [2.45, 2.75) is 25.8 Å². The van der Waals surface area contributed by atoms with Gasteiger partial charge in [-0.1, -0.05) is 0 Å². The van der Waals surface area contributed by atoms with Crippen LogP contribution in [0.4, 0.5) is 8.78 Å². The number of amides is 1. The Bertz CT molecular complexity index is 416. The van der Waals surface area contributed by atoms with Crippen LogP contribution in [0.25, 0.3) is 0 Å². The number of ether oxygens (including phenoxy) is 1. The van der Waals surface area contributed by atoms with Crippen molar-refractivity contribution < 1.29 is 23.4 Å². The molecule has 0 spiro atoms. The molecule has 7 heteroatoms. The summed E-state index contributed by atoms with van der Waals surface area (Å²) in [6, 6.07) is 2.49. The Labute approximate surface area is 109 Å². The van der Waals surface area contributed by atoms with Gasteiger partial charge in [-0.25, -0.2) is 8.78 Å². The van der Waals surface area contributed by atoms with Crippen molar-refractivity contribution in [3.63, 3.8) is 0 Å². The molecule has 0 aliphatic rings. The molecule has 0 saturated carbocycles. The molecule has 1 rings (SSSR count). The topological polar surface area (TPSA) is 71.5 Å². The lowest BCUT2D eigenvalue weighted by atomic mass is 10.2. The highest BCUT2D eigenvalue weighted by Crippen LogP contribution is 2.12. The fraction of sp³-hybridized carbons (Fsp3) is 0.500. The Balaban J connectivity index is 2.62. The Morgan fingerprint density at radius 3 is 2.95 bits per heavy atom. The molecule has 1 unspecified atom stereocenters. The first-order chi connectivity index (χ1) is 9.02. The zero-order chi connectivity index (χ0) is 14.3. The summed E-state index contributed by atoms with van der Waals surface area (Å²) in [6.07, 6.45) is -0.838. The number of hydrogen-bond donors (Lipinski definition) is 2. The van der Waals surface area contributed by atoms with Crippen molar-refractivity contribution in [3.05, 3.63) is 24.0 Å². The number of nitrogens with one attached hydrogen (secondary N) is 1. The molecular weight excluding hydrogens is 258 g/mol. The van der Waals surface area contributed by atoms with Gasteiger partial charge in [-0.3, -0.25) is 9.78 Å². The summed E-state index contributed by atoms with van der Waals surface area (Å²) in [4.78, 5) is 15.6. The van der Waals surface area contributed by atoms with E-state index in [0.29, 0.717) is 6.42 Å². The van der Waals surface area contributed by atoms with Crippen LogP contribution in [-0.2, 0) is 0 Å². The number of pyridine rings is 1. The first kappa shape index (κ1) is 15.3. The molecule has 19 heavy (non-hydrogen) atoms. The lowest BCUT2D eigenvalue weighted by molar-refractivity contribution is 0.0817. The average Bonchev–Trinajstić information content (AvgIpc) is 2.37. The lowest BCUT2D eigenvalue weighted by Crippen LogP contribution is -2.33. The maximum atomic E-state index is 12.0.